The predicted octanol–water partition coefficient (Wildman–Crippen LogP) is 3.63. The van der Waals surface area contributed by atoms with E-state index in [4.69, 9.17) is 4.74 Å². The summed E-state index contributed by atoms with van der Waals surface area (Å²) in [7, 11) is 1.70. The molecule has 0 bridgehead atoms. The van der Waals surface area contributed by atoms with E-state index >= 15 is 0 Å². The second-order valence-corrected chi connectivity index (χ2v) is 4.86. The van der Waals surface area contributed by atoms with Crippen LogP contribution in [0, 0.1) is 0 Å². The van der Waals surface area contributed by atoms with Crippen molar-refractivity contribution in [3.63, 3.8) is 0 Å². The highest BCUT2D eigenvalue weighted by Gasteiger charge is 2.01. The van der Waals surface area contributed by atoms with Crippen LogP contribution in [-0.4, -0.2) is 13.4 Å². The molecule has 1 aromatic heterocycles. The van der Waals surface area contributed by atoms with Crippen LogP contribution >= 0.6 is 23.1 Å². The number of methoxy groups -OCH3 is 1. The minimum absolute atomic E-state index is 0.929. The SMILES string of the molecule is COc1ccc2sc(SC)cc2c1. The van der Waals surface area contributed by atoms with Crippen LogP contribution in [0.2, 0.25) is 0 Å². The monoisotopic (exact) mass is 210 g/mol. The van der Waals surface area contributed by atoms with Crippen molar-refractivity contribution in [2.75, 3.05) is 13.4 Å². The first-order chi connectivity index (χ1) is 6.33. The summed E-state index contributed by atoms with van der Waals surface area (Å²) in [6.45, 7) is 0. The Balaban J connectivity index is 2.57. The van der Waals surface area contributed by atoms with Crippen molar-refractivity contribution >= 4 is 33.2 Å². The van der Waals surface area contributed by atoms with Crippen molar-refractivity contribution in [3.05, 3.63) is 24.3 Å². The van der Waals surface area contributed by atoms with E-state index in [9.17, 15) is 0 Å². The van der Waals surface area contributed by atoms with Crippen LogP contribution in [0.25, 0.3) is 10.1 Å². The van der Waals surface area contributed by atoms with E-state index in [-0.39, 0.29) is 0 Å². The van der Waals surface area contributed by atoms with Crippen LogP contribution in [-0.2, 0) is 0 Å². The predicted molar refractivity (Wildman–Crippen MR) is 60.2 cm³/mol. The summed E-state index contributed by atoms with van der Waals surface area (Å²) in [5.41, 5.74) is 0. The number of hydrogen-bond donors (Lipinski definition) is 0. The van der Waals surface area contributed by atoms with E-state index in [2.05, 4.69) is 24.5 Å². The molecule has 0 N–H and O–H groups in total. The Morgan fingerprint density at radius 1 is 1.31 bits per heavy atom. The normalized spacial score (nSPS) is 10.6. The maximum Gasteiger partial charge on any atom is 0.119 e. The standard InChI is InChI=1S/C10H10OS2/c1-11-8-3-4-9-7(5-8)6-10(12-2)13-9/h3-6H,1-2H3. The van der Waals surface area contributed by atoms with Gasteiger partial charge in [0.1, 0.15) is 5.75 Å². The van der Waals surface area contributed by atoms with Crippen molar-refractivity contribution in [1.82, 2.24) is 0 Å². The molecule has 2 rings (SSSR count). The summed E-state index contributed by atoms with van der Waals surface area (Å²) in [5.74, 6) is 0.929. The summed E-state index contributed by atoms with van der Waals surface area (Å²) in [6.07, 6.45) is 2.10. The molecule has 1 heterocycles. The van der Waals surface area contributed by atoms with Gasteiger partial charge in [-0.1, -0.05) is 0 Å². The lowest BCUT2D eigenvalue weighted by molar-refractivity contribution is 0.415. The molecule has 3 heteroatoms. The molecule has 0 aliphatic carbocycles. The first-order valence-electron chi connectivity index (χ1n) is 3.95. The van der Waals surface area contributed by atoms with Gasteiger partial charge in [-0.05, 0) is 35.9 Å². The fourth-order valence-corrected chi connectivity index (χ4v) is 2.85. The molecular weight excluding hydrogens is 200 g/mol. The Bertz CT molecular complexity index is 418. The molecule has 0 radical (unpaired) electrons. The summed E-state index contributed by atoms with van der Waals surface area (Å²) in [6, 6.07) is 8.39. The van der Waals surface area contributed by atoms with E-state index in [1.54, 1.807) is 18.9 Å². The summed E-state index contributed by atoms with van der Waals surface area (Å²) >= 11 is 3.61. The van der Waals surface area contributed by atoms with Crippen molar-refractivity contribution in [3.8, 4) is 5.75 Å². The molecule has 0 spiro atoms. The van der Waals surface area contributed by atoms with Crippen LogP contribution in [0.5, 0.6) is 5.75 Å². The third kappa shape index (κ3) is 1.67. The van der Waals surface area contributed by atoms with Crippen LogP contribution in [0.15, 0.2) is 28.5 Å². The molecule has 2 aromatic rings. The Morgan fingerprint density at radius 3 is 2.85 bits per heavy atom. The number of rotatable bonds is 2. The van der Waals surface area contributed by atoms with Gasteiger partial charge < -0.3 is 4.74 Å². The zero-order valence-electron chi connectivity index (χ0n) is 7.53. The van der Waals surface area contributed by atoms with Gasteiger partial charge in [-0.25, -0.2) is 0 Å². The van der Waals surface area contributed by atoms with E-state index in [0.717, 1.165) is 5.75 Å². The molecule has 13 heavy (non-hydrogen) atoms. The van der Waals surface area contributed by atoms with Gasteiger partial charge in [-0.15, -0.1) is 23.1 Å². The van der Waals surface area contributed by atoms with Crippen molar-refractivity contribution < 1.29 is 4.74 Å². The second kappa shape index (κ2) is 3.60. The van der Waals surface area contributed by atoms with E-state index in [0.29, 0.717) is 0 Å². The molecule has 0 atom stereocenters. The smallest absolute Gasteiger partial charge is 0.119 e. The van der Waals surface area contributed by atoms with Crippen molar-refractivity contribution in [2.24, 2.45) is 0 Å². The zero-order valence-corrected chi connectivity index (χ0v) is 9.17. The van der Waals surface area contributed by atoms with Crippen LogP contribution in [0.4, 0.5) is 0 Å². The van der Waals surface area contributed by atoms with E-state index in [1.807, 2.05) is 17.4 Å². The van der Waals surface area contributed by atoms with Crippen LogP contribution < -0.4 is 4.74 Å². The average molecular weight is 210 g/mol. The summed E-state index contributed by atoms with van der Waals surface area (Å²) in [5, 5.41) is 1.27. The largest absolute Gasteiger partial charge is 0.497 e. The maximum atomic E-state index is 5.16. The molecule has 1 nitrogen and oxygen atoms in total. The molecule has 0 saturated carbocycles. The highest BCUT2D eigenvalue weighted by molar-refractivity contribution is 8.00. The fourth-order valence-electron chi connectivity index (χ4n) is 1.22. The first kappa shape index (κ1) is 8.91. The highest BCUT2D eigenvalue weighted by atomic mass is 32.2. The Labute approximate surface area is 85.7 Å². The van der Waals surface area contributed by atoms with Gasteiger partial charge in [0.05, 0.1) is 11.3 Å². The van der Waals surface area contributed by atoms with E-state index < -0.39 is 0 Å². The quantitative estimate of drug-likeness (QED) is 0.700. The third-order valence-corrected chi connectivity index (χ3v) is 4.08. The van der Waals surface area contributed by atoms with Gasteiger partial charge in [0.2, 0.25) is 0 Å². The minimum Gasteiger partial charge on any atom is -0.497 e. The molecule has 0 amide bonds. The molecule has 0 aliphatic rings. The van der Waals surface area contributed by atoms with Crippen molar-refractivity contribution in [1.29, 1.82) is 0 Å². The summed E-state index contributed by atoms with van der Waals surface area (Å²) < 4.78 is 7.84. The van der Waals surface area contributed by atoms with Gasteiger partial charge in [0.25, 0.3) is 0 Å². The highest BCUT2D eigenvalue weighted by Crippen LogP contribution is 2.33. The fraction of sp³-hybridized carbons (Fsp3) is 0.200. The Kier molecular flexibility index (Phi) is 2.47. The second-order valence-electron chi connectivity index (χ2n) is 2.67. The molecule has 0 saturated heterocycles. The molecule has 0 aliphatic heterocycles. The van der Waals surface area contributed by atoms with Crippen LogP contribution in [0.1, 0.15) is 0 Å². The Hall–Kier alpha value is -0.670. The van der Waals surface area contributed by atoms with Gasteiger partial charge in [-0.2, -0.15) is 0 Å². The number of ether oxygens (including phenoxy) is 1. The molecule has 0 unspecified atom stereocenters. The van der Waals surface area contributed by atoms with E-state index in [1.165, 1.54) is 14.3 Å². The van der Waals surface area contributed by atoms with Gasteiger partial charge >= 0.3 is 0 Å². The lowest BCUT2D eigenvalue weighted by atomic mass is 10.2. The number of fused-ring (bicyclic) bond motifs is 1. The molecule has 1 aromatic carbocycles. The van der Waals surface area contributed by atoms with Gasteiger partial charge in [0.15, 0.2) is 0 Å². The van der Waals surface area contributed by atoms with Crippen LogP contribution in [0.3, 0.4) is 0 Å². The lowest BCUT2D eigenvalue weighted by Gasteiger charge is -1.97. The number of thioether (sulfide) groups is 1. The Morgan fingerprint density at radius 2 is 2.15 bits per heavy atom. The first-order valence-corrected chi connectivity index (χ1v) is 5.99. The van der Waals surface area contributed by atoms with Gasteiger partial charge in [-0.3, -0.25) is 0 Å². The molecule has 68 valence electrons. The molecular formula is C10H10OS2. The average Bonchev–Trinajstić information content (AvgIpc) is 2.58. The zero-order chi connectivity index (χ0) is 9.26. The topological polar surface area (TPSA) is 9.23 Å². The maximum absolute atomic E-state index is 5.16. The minimum atomic E-state index is 0.929. The van der Waals surface area contributed by atoms with Crippen molar-refractivity contribution in [2.45, 2.75) is 4.21 Å². The third-order valence-electron chi connectivity index (χ3n) is 1.90. The number of thiophene rings is 1. The van der Waals surface area contributed by atoms with Gasteiger partial charge in [0, 0.05) is 4.70 Å². The number of hydrogen-bond acceptors (Lipinski definition) is 3. The lowest BCUT2D eigenvalue weighted by Crippen LogP contribution is -1.79. The summed E-state index contributed by atoms with van der Waals surface area (Å²) in [4.78, 5) is 0. The number of benzene rings is 1. The molecule has 0 fully saturated rings.